The second-order valence-corrected chi connectivity index (χ2v) is 2.51. The number of hydrogen-bond acceptors (Lipinski definition) is 2. The Morgan fingerprint density at radius 2 is 2.10 bits per heavy atom. The van der Waals surface area contributed by atoms with Crippen molar-refractivity contribution < 1.29 is 5.11 Å². The topological polar surface area (TPSA) is 37.6 Å². The first-order valence-electron chi connectivity index (χ1n) is 3.51. The van der Waals surface area contributed by atoms with Crippen LogP contribution in [0.2, 0.25) is 0 Å². The zero-order valence-corrected chi connectivity index (χ0v) is 6.08. The molecule has 0 aromatic rings. The molecule has 0 amide bonds. The summed E-state index contributed by atoms with van der Waals surface area (Å²) >= 11 is 0. The molecule has 3 heteroatoms. The van der Waals surface area contributed by atoms with Gasteiger partial charge in [-0.25, -0.2) is 5.32 Å². The first kappa shape index (κ1) is 7.57. The van der Waals surface area contributed by atoms with Crippen LogP contribution in [0.3, 0.4) is 0 Å². The smallest absolute Gasteiger partial charge is 0.0991 e. The van der Waals surface area contributed by atoms with Crippen molar-refractivity contribution in [1.29, 1.82) is 0 Å². The van der Waals surface area contributed by atoms with Gasteiger partial charge in [0.2, 0.25) is 0 Å². The molecule has 0 spiro atoms. The summed E-state index contributed by atoms with van der Waals surface area (Å²) in [7, 11) is 0. The summed E-state index contributed by atoms with van der Waals surface area (Å²) in [5.74, 6) is 0.252. The number of hydrogen-bond donors (Lipinski definition) is 1. The molecule has 0 aromatic carbocycles. The summed E-state index contributed by atoms with van der Waals surface area (Å²) in [6.07, 6.45) is 0. The number of rotatable bonds is 2. The summed E-state index contributed by atoms with van der Waals surface area (Å²) in [5.41, 5.74) is 0. The Kier molecular flexibility index (Phi) is 2.71. The van der Waals surface area contributed by atoms with Crippen molar-refractivity contribution in [3.63, 3.8) is 0 Å². The lowest BCUT2D eigenvalue weighted by Crippen LogP contribution is -2.40. The number of piperazine rings is 1. The third-order valence-corrected chi connectivity index (χ3v) is 1.55. The van der Waals surface area contributed by atoms with E-state index in [0.717, 1.165) is 26.2 Å². The second kappa shape index (κ2) is 3.58. The van der Waals surface area contributed by atoms with Gasteiger partial charge < -0.3 is 5.11 Å². The molecule has 1 saturated heterocycles. The van der Waals surface area contributed by atoms with Crippen LogP contribution < -0.4 is 5.32 Å². The van der Waals surface area contributed by atoms with Gasteiger partial charge in [-0.1, -0.05) is 6.58 Å². The normalized spacial score (nSPS) is 20.8. The molecule has 0 aromatic heterocycles. The van der Waals surface area contributed by atoms with Crippen molar-refractivity contribution in [2.75, 3.05) is 32.7 Å². The summed E-state index contributed by atoms with van der Waals surface area (Å²) in [4.78, 5) is 2.15. The van der Waals surface area contributed by atoms with Crippen LogP contribution in [0.5, 0.6) is 0 Å². The highest BCUT2D eigenvalue weighted by atomic mass is 16.3. The van der Waals surface area contributed by atoms with Crippen molar-refractivity contribution in [2.24, 2.45) is 0 Å². The third-order valence-electron chi connectivity index (χ3n) is 1.55. The van der Waals surface area contributed by atoms with Crippen LogP contribution in [0.1, 0.15) is 0 Å². The van der Waals surface area contributed by atoms with E-state index in [1.165, 1.54) is 0 Å². The molecule has 0 aliphatic carbocycles. The number of nitrogens with zero attached hydrogens (tertiary/aromatic N) is 2. The lowest BCUT2D eigenvalue weighted by Gasteiger charge is -2.25. The van der Waals surface area contributed by atoms with Gasteiger partial charge in [-0.05, 0) is 0 Å². The van der Waals surface area contributed by atoms with E-state index < -0.39 is 0 Å². The Balaban J connectivity index is 2.19. The third kappa shape index (κ3) is 2.37. The molecule has 0 bridgehead atoms. The highest BCUT2D eigenvalue weighted by molar-refractivity contribution is 4.84. The van der Waals surface area contributed by atoms with Gasteiger partial charge in [-0.15, -0.1) is 0 Å². The predicted octanol–water partition coefficient (Wildman–Crippen LogP) is -0.0219. The average Bonchev–Trinajstić information content (AvgIpc) is 1.88. The molecule has 57 valence electrons. The first-order valence-corrected chi connectivity index (χ1v) is 3.51. The Morgan fingerprint density at radius 3 is 2.60 bits per heavy atom. The van der Waals surface area contributed by atoms with E-state index in [0.29, 0.717) is 6.54 Å². The maximum absolute atomic E-state index is 8.84. The van der Waals surface area contributed by atoms with Crippen molar-refractivity contribution in [3.05, 3.63) is 12.3 Å². The van der Waals surface area contributed by atoms with E-state index >= 15 is 0 Å². The second-order valence-electron chi connectivity index (χ2n) is 2.51. The maximum Gasteiger partial charge on any atom is 0.0991 e. The monoisotopic (exact) mass is 141 g/mol. The van der Waals surface area contributed by atoms with E-state index in [1.807, 2.05) is 0 Å². The van der Waals surface area contributed by atoms with Crippen LogP contribution in [0.15, 0.2) is 12.3 Å². The first-order chi connectivity index (χ1) is 4.79. The van der Waals surface area contributed by atoms with Gasteiger partial charge in [-0.2, -0.15) is 0 Å². The number of aliphatic hydroxyl groups is 1. The van der Waals surface area contributed by atoms with Crippen LogP contribution in [-0.4, -0.2) is 42.7 Å². The summed E-state index contributed by atoms with van der Waals surface area (Å²) in [6, 6.07) is 0. The molecule has 1 heterocycles. The predicted molar refractivity (Wildman–Crippen MR) is 40.1 cm³/mol. The number of aliphatic hydroxyl groups excluding tert-OH is 1. The quantitative estimate of drug-likeness (QED) is 0.549. The Bertz CT molecular complexity index is 119. The minimum Gasteiger partial charge on any atom is -0.512 e. The molecule has 1 aliphatic heterocycles. The molecular formula is C7H13N2O. The average molecular weight is 141 g/mol. The minimum absolute atomic E-state index is 0.252. The lowest BCUT2D eigenvalue weighted by molar-refractivity contribution is 0.223. The minimum atomic E-state index is 0.252. The summed E-state index contributed by atoms with van der Waals surface area (Å²) in [6.45, 7) is 7.75. The van der Waals surface area contributed by atoms with Crippen LogP contribution in [0.25, 0.3) is 0 Å². The zero-order valence-electron chi connectivity index (χ0n) is 6.08. The molecule has 0 unspecified atom stereocenters. The van der Waals surface area contributed by atoms with Gasteiger partial charge in [0.1, 0.15) is 0 Å². The highest BCUT2D eigenvalue weighted by Crippen LogP contribution is 1.95. The van der Waals surface area contributed by atoms with Crippen LogP contribution >= 0.6 is 0 Å². The SMILES string of the molecule is C=C(O)CN1CC[N]CC1. The van der Waals surface area contributed by atoms with Gasteiger partial charge in [0.25, 0.3) is 0 Å². The highest BCUT2D eigenvalue weighted by Gasteiger charge is 2.09. The van der Waals surface area contributed by atoms with Crippen molar-refractivity contribution in [1.82, 2.24) is 10.2 Å². The molecular weight excluding hydrogens is 128 g/mol. The van der Waals surface area contributed by atoms with Crippen molar-refractivity contribution in [3.8, 4) is 0 Å². The Morgan fingerprint density at radius 1 is 1.50 bits per heavy atom. The largest absolute Gasteiger partial charge is 0.512 e. The van der Waals surface area contributed by atoms with Crippen LogP contribution in [0.4, 0.5) is 0 Å². The zero-order chi connectivity index (χ0) is 7.40. The van der Waals surface area contributed by atoms with E-state index in [9.17, 15) is 0 Å². The summed E-state index contributed by atoms with van der Waals surface area (Å²) < 4.78 is 0. The Labute approximate surface area is 61.3 Å². The summed E-state index contributed by atoms with van der Waals surface area (Å²) in [5, 5.41) is 13.0. The lowest BCUT2D eigenvalue weighted by atomic mass is 10.3. The van der Waals surface area contributed by atoms with Gasteiger partial charge >= 0.3 is 0 Å². The molecule has 1 radical (unpaired) electrons. The fraction of sp³-hybridized carbons (Fsp3) is 0.714. The Hall–Kier alpha value is -0.540. The van der Waals surface area contributed by atoms with E-state index in [2.05, 4.69) is 16.8 Å². The van der Waals surface area contributed by atoms with E-state index in [1.54, 1.807) is 0 Å². The fourth-order valence-electron chi connectivity index (χ4n) is 1.06. The van der Waals surface area contributed by atoms with E-state index in [4.69, 9.17) is 5.11 Å². The van der Waals surface area contributed by atoms with Crippen molar-refractivity contribution >= 4 is 0 Å². The molecule has 10 heavy (non-hydrogen) atoms. The van der Waals surface area contributed by atoms with Crippen LogP contribution in [-0.2, 0) is 0 Å². The van der Waals surface area contributed by atoms with Gasteiger partial charge in [0.05, 0.1) is 12.3 Å². The molecule has 1 fully saturated rings. The standard InChI is InChI=1S/C7H13N2O/c1-7(10)6-9-4-2-8-3-5-9/h10H,1-6H2. The molecule has 1 aliphatic rings. The van der Waals surface area contributed by atoms with Crippen LogP contribution in [0, 0.1) is 0 Å². The molecule has 0 saturated carbocycles. The molecule has 1 rings (SSSR count). The molecule has 1 N–H and O–H groups in total. The van der Waals surface area contributed by atoms with Gasteiger partial charge in [0.15, 0.2) is 0 Å². The van der Waals surface area contributed by atoms with Crippen molar-refractivity contribution in [2.45, 2.75) is 0 Å². The van der Waals surface area contributed by atoms with Gasteiger partial charge in [-0.3, -0.25) is 4.90 Å². The molecule has 3 nitrogen and oxygen atoms in total. The molecule has 0 atom stereocenters. The maximum atomic E-state index is 8.84. The van der Waals surface area contributed by atoms with Gasteiger partial charge in [0, 0.05) is 26.2 Å². The van der Waals surface area contributed by atoms with E-state index in [-0.39, 0.29) is 5.76 Å². The fourth-order valence-corrected chi connectivity index (χ4v) is 1.06.